The molecular weight excluding hydrogens is 525 g/mol. The standard InChI is InChI=1S/C30H32FN7O3/c1-2-36-20-32-16-25(36)17-37-28-15-23(30(39)40)5-8-27(28)33-29(37)18-35-12-9-22(10-13-35)26-11-14-38(34-26)41-19-21-3-6-24(31)7-4-21/h3-8,11,14-16,20,22H,2,9-10,12-13,17-19H2,1H3,(H,39,40). The van der Waals surface area contributed by atoms with Gasteiger partial charge in [0.25, 0.3) is 0 Å². The number of imidazole rings is 2. The van der Waals surface area contributed by atoms with E-state index in [0.717, 1.165) is 66.3 Å². The molecule has 11 heteroatoms. The Morgan fingerprint density at radius 1 is 1.10 bits per heavy atom. The number of aryl methyl sites for hydroxylation is 1. The molecule has 5 aromatic rings. The Morgan fingerprint density at radius 2 is 1.90 bits per heavy atom. The fourth-order valence-electron chi connectivity index (χ4n) is 5.45. The maximum atomic E-state index is 13.1. The second-order valence-corrected chi connectivity index (χ2v) is 10.4. The van der Waals surface area contributed by atoms with Crippen molar-refractivity contribution < 1.29 is 19.1 Å². The van der Waals surface area contributed by atoms with Gasteiger partial charge in [-0.1, -0.05) is 12.1 Å². The van der Waals surface area contributed by atoms with Gasteiger partial charge in [0.05, 0.1) is 53.6 Å². The third-order valence-electron chi connectivity index (χ3n) is 7.77. The van der Waals surface area contributed by atoms with E-state index in [-0.39, 0.29) is 11.4 Å². The van der Waals surface area contributed by atoms with Crippen molar-refractivity contribution in [2.24, 2.45) is 0 Å². The van der Waals surface area contributed by atoms with Gasteiger partial charge in [-0.3, -0.25) is 4.90 Å². The summed E-state index contributed by atoms with van der Waals surface area (Å²) in [5.41, 5.74) is 4.77. The third-order valence-corrected chi connectivity index (χ3v) is 7.77. The molecular formula is C30H32FN7O3. The molecule has 2 aromatic carbocycles. The SMILES string of the molecule is CCn1cncc1Cn1c(CN2CCC(c3ccn(OCc4ccc(F)cc4)n3)CC2)nc2ccc(C(=O)O)cc21. The summed E-state index contributed by atoms with van der Waals surface area (Å²) in [5, 5.41) is 14.2. The molecule has 0 atom stereocenters. The van der Waals surface area contributed by atoms with Gasteiger partial charge in [0, 0.05) is 18.7 Å². The van der Waals surface area contributed by atoms with Crippen LogP contribution in [0.3, 0.4) is 0 Å². The second-order valence-electron chi connectivity index (χ2n) is 10.4. The molecule has 1 fully saturated rings. The Labute approximate surface area is 236 Å². The highest BCUT2D eigenvalue weighted by molar-refractivity contribution is 5.92. The summed E-state index contributed by atoms with van der Waals surface area (Å²) in [6.07, 6.45) is 7.41. The van der Waals surface area contributed by atoms with Crippen molar-refractivity contribution in [3.63, 3.8) is 0 Å². The van der Waals surface area contributed by atoms with E-state index in [2.05, 4.69) is 31.0 Å². The first-order valence-corrected chi connectivity index (χ1v) is 13.8. The summed E-state index contributed by atoms with van der Waals surface area (Å²) in [4.78, 5) is 30.5. The van der Waals surface area contributed by atoms with Gasteiger partial charge in [0.15, 0.2) is 0 Å². The molecule has 0 aliphatic carbocycles. The van der Waals surface area contributed by atoms with Crippen molar-refractivity contribution >= 4 is 17.0 Å². The molecule has 6 rings (SSSR count). The van der Waals surface area contributed by atoms with Crippen molar-refractivity contribution in [3.8, 4) is 0 Å². The zero-order valence-corrected chi connectivity index (χ0v) is 22.9. The number of hydrogen-bond donors (Lipinski definition) is 1. The zero-order valence-electron chi connectivity index (χ0n) is 22.9. The molecule has 10 nitrogen and oxygen atoms in total. The van der Waals surface area contributed by atoms with E-state index >= 15 is 0 Å². The number of carboxylic acid groups (broad SMARTS) is 1. The number of carbonyl (C=O) groups is 1. The number of aromatic carboxylic acids is 1. The van der Waals surface area contributed by atoms with Crippen molar-refractivity contribution in [1.29, 1.82) is 0 Å². The molecule has 41 heavy (non-hydrogen) atoms. The monoisotopic (exact) mass is 557 g/mol. The average molecular weight is 558 g/mol. The molecule has 0 unspecified atom stereocenters. The lowest BCUT2D eigenvalue weighted by molar-refractivity contribution is 0.0682. The lowest BCUT2D eigenvalue weighted by Crippen LogP contribution is -2.33. The summed E-state index contributed by atoms with van der Waals surface area (Å²) in [5.74, 6) is 0.0150. The van der Waals surface area contributed by atoms with Crippen LogP contribution in [0.5, 0.6) is 0 Å². The molecule has 0 saturated carbocycles. The highest BCUT2D eigenvalue weighted by Gasteiger charge is 2.25. The van der Waals surface area contributed by atoms with E-state index < -0.39 is 5.97 Å². The van der Waals surface area contributed by atoms with Crippen LogP contribution < -0.4 is 4.84 Å². The van der Waals surface area contributed by atoms with Crippen LogP contribution in [0.15, 0.2) is 67.3 Å². The fraction of sp³-hybridized carbons (Fsp3) is 0.333. The van der Waals surface area contributed by atoms with Crippen LogP contribution in [0.25, 0.3) is 11.0 Å². The van der Waals surface area contributed by atoms with Gasteiger partial charge in [-0.15, -0.1) is 9.94 Å². The fourth-order valence-corrected chi connectivity index (χ4v) is 5.45. The molecule has 1 aliphatic heterocycles. The summed E-state index contributed by atoms with van der Waals surface area (Å²) in [6, 6.07) is 13.4. The Hall–Kier alpha value is -4.51. The Morgan fingerprint density at radius 3 is 2.66 bits per heavy atom. The highest BCUT2D eigenvalue weighted by Crippen LogP contribution is 2.28. The molecule has 4 heterocycles. The smallest absolute Gasteiger partial charge is 0.335 e. The van der Waals surface area contributed by atoms with Gasteiger partial charge >= 0.3 is 5.97 Å². The van der Waals surface area contributed by atoms with E-state index in [0.29, 0.717) is 25.6 Å². The molecule has 3 aromatic heterocycles. The quantitative estimate of drug-likeness (QED) is 0.272. The van der Waals surface area contributed by atoms with Crippen LogP contribution in [0.2, 0.25) is 0 Å². The summed E-state index contributed by atoms with van der Waals surface area (Å²) < 4.78 is 17.3. The Bertz CT molecular complexity index is 1650. The van der Waals surface area contributed by atoms with Gasteiger partial charge in [-0.2, -0.15) is 0 Å². The van der Waals surface area contributed by atoms with E-state index in [9.17, 15) is 14.3 Å². The maximum Gasteiger partial charge on any atom is 0.335 e. The minimum Gasteiger partial charge on any atom is -0.478 e. The average Bonchev–Trinajstić information content (AvgIpc) is 3.72. The molecule has 212 valence electrons. The van der Waals surface area contributed by atoms with Gasteiger partial charge < -0.3 is 19.1 Å². The highest BCUT2D eigenvalue weighted by atomic mass is 19.1. The van der Waals surface area contributed by atoms with Crippen molar-refractivity contribution in [3.05, 3.63) is 101 Å². The zero-order chi connectivity index (χ0) is 28.3. The molecule has 0 bridgehead atoms. The first-order chi connectivity index (χ1) is 20.0. The van der Waals surface area contributed by atoms with Crippen molar-refractivity contribution in [2.75, 3.05) is 13.1 Å². The lowest BCUT2D eigenvalue weighted by atomic mass is 9.94. The van der Waals surface area contributed by atoms with Gasteiger partial charge in [0.1, 0.15) is 18.2 Å². The third kappa shape index (κ3) is 5.85. The first kappa shape index (κ1) is 26.7. The first-order valence-electron chi connectivity index (χ1n) is 13.8. The number of aromatic nitrogens is 6. The van der Waals surface area contributed by atoms with Crippen LogP contribution in [0.1, 0.15) is 58.8 Å². The normalized spacial score (nSPS) is 14.6. The van der Waals surface area contributed by atoms with E-state index in [1.54, 1.807) is 30.3 Å². The number of piperidine rings is 1. The van der Waals surface area contributed by atoms with E-state index in [4.69, 9.17) is 9.82 Å². The van der Waals surface area contributed by atoms with E-state index in [1.807, 2.05) is 24.8 Å². The molecule has 1 aliphatic rings. The number of hydrogen-bond acceptors (Lipinski definition) is 6. The predicted molar refractivity (Wildman–Crippen MR) is 150 cm³/mol. The second kappa shape index (κ2) is 11.5. The number of rotatable bonds is 10. The Balaban J connectivity index is 1.13. The number of likely N-dealkylation sites (tertiary alicyclic amines) is 1. The van der Waals surface area contributed by atoms with Gasteiger partial charge in [-0.05, 0) is 74.8 Å². The lowest BCUT2D eigenvalue weighted by Gasteiger charge is -2.31. The largest absolute Gasteiger partial charge is 0.478 e. The number of benzene rings is 2. The number of carboxylic acids is 1. The molecule has 1 saturated heterocycles. The van der Waals surface area contributed by atoms with Gasteiger partial charge in [0.2, 0.25) is 0 Å². The predicted octanol–water partition coefficient (Wildman–Crippen LogP) is 4.34. The molecule has 0 spiro atoms. The van der Waals surface area contributed by atoms with Crippen molar-refractivity contribution in [2.45, 2.75) is 51.9 Å². The minimum atomic E-state index is -0.954. The maximum absolute atomic E-state index is 13.1. The Kier molecular flexibility index (Phi) is 7.51. The summed E-state index contributed by atoms with van der Waals surface area (Å²) in [7, 11) is 0. The summed E-state index contributed by atoms with van der Waals surface area (Å²) in [6.45, 7) is 6.21. The van der Waals surface area contributed by atoms with Crippen LogP contribution in [0, 0.1) is 5.82 Å². The van der Waals surface area contributed by atoms with Crippen molar-refractivity contribution in [1.82, 2.24) is 33.9 Å². The van der Waals surface area contributed by atoms with Crippen LogP contribution in [-0.2, 0) is 26.2 Å². The summed E-state index contributed by atoms with van der Waals surface area (Å²) >= 11 is 0. The van der Waals surface area contributed by atoms with E-state index in [1.165, 1.54) is 17.0 Å². The molecule has 1 N–H and O–H groups in total. The minimum absolute atomic E-state index is 0.246. The molecule has 0 radical (unpaired) electrons. The van der Waals surface area contributed by atoms with Gasteiger partial charge in [-0.25, -0.2) is 19.2 Å². The number of halogens is 1. The topological polar surface area (TPSA) is 103 Å². The molecule has 0 amide bonds. The van der Waals surface area contributed by atoms with Crippen LogP contribution in [0.4, 0.5) is 4.39 Å². The number of nitrogens with zero attached hydrogens (tertiary/aromatic N) is 7. The number of fused-ring (bicyclic) bond motifs is 1. The van der Waals surface area contributed by atoms with Crippen LogP contribution in [-0.4, -0.2) is 58.1 Å². The van der Waals surface area contributed by atoms with Crippen LogP contribution >= 0.6 is 0 Å².